The number of carbonyl (C=O) groups excluding carboxylic acids is 1. The van der Waals surface area contributed by atoms with Crippen molar-refractivity contribution in [2.75, 3.05) is 13.1 Å². The van der Waals surface area contributed by atoms with Crippen LogP contribution in [0.3, 0.4) is 0 Å². The summed E-state index contributed by atoms with van der Waals surface area (Å²) in [7, 11) is 1.78. The second-order valence-electron chi connectivity index (χ2n) is 6.03. The lowest BCUT2D eigenvalue weighted by Crippen LogP contribution is -2.50. The molecule has 0 bridgehead atoms. The van der Waals surface area contributed by atoms with Crippen LogP contribution in [0.25, 0.3) is 11.3 Å². The van der Waals surface area contributed by atoms with Crippen LogP contribution in [0.2, 0.25) is 0 Å². The van der Waals surface area contributed by atoms with Crippen molar-refractivity contribution < 1.29 is 19.8 Å². The number of likely N-dealkylation sites (tertiary alicyclic amines) is 1. The topological polar surface area (TPSA) is 95.7 Å². The summed E-state index contributed by atoms with van der Waals surface area (Å²) in [4.78, 5) is 25.5. The molecule has 1 saturated heterocycles. The number of aliphatic hydroxyl groups is 1. The van der Waals surface area contributed by atoms with Crippen molar-refractivity contribution in [3.8, 4) is 11.3 Å². The highest BCUT2D eigenvalue weighted by Gasteiger charge is 2.41. The summed E-state index contributed by atoms with van der Waals surface area (Å²) in [5, 5.41) is 23.3. The van der Waals surface area contributed by atoms with Crippen LogP contribution in [0.5, 0.6) is 0 Å². The number of carboxylic acid groups (broad SMARTS) is 1. The molecular weight excluding hydrogens is 310 g/mol. The minimum atomic E-state index is -1.74. The third-order valence-electron chi connectivity index (χ3n) is 4.49. The van der Waals surface area contributed by atoms with Crippen molar-refractivity contribution in [1.29, 1.82) is 0 Å². The summed E-state index contributed by atoms with van der Waals surface area (Å²) in [6.07, 6.45) is 1.58. The Balaban J connectivity index is 1.84. The van der Waals surface area contributed by atoms with Gasteiger partial charge in [-0.2, -0.15) is 5.10 Å². The molecule has 1 fully saturated rings. The second-order valence-corrected chi connectivity index (χ2v) is 6.03. The van der Waals surface area contributed by atoms with E-state index in [4.69, 9.17) is 5.11 Å². The summed E-state index contributed by atoms with van der Waals surface area (Å²) in [5.74, 6) is -1.43. The van der Waals surface area contributed by atoms with E-state index in [2.05, 4.69) is 5.10 Å². The maximum absolute atomic E-state index is 12.8. The van der Waals surface area contributed by atoms with E-state index >= 15 is 0 Å². The zero-order valence-corrected chi connectivity index (χ0v) is 13.3. The summed E-state index contributed by atoms with van der Waals surface area (Å²) >= 11 is 0. The van der Waals surface area contributed by atoms with Crippen LogP contribution < -0.4 is 0 Å². The maximum atomic E-state index is 12.8. The first-order valence-corrected chi connectivity index (χ1v) is 7.75. The second kappa shape index (κ2) is 6.09. The average Bonchev–Trinajstić information content (AvgIpc) is 2.97. The lowest BCUT2D eigenvalue weighted by molar-refractivity contribution is -0.162. The van der Waals surface area contributed by atoms with Crippen molar-refractivity contribution in [2.24, 2.45) is 7.05 Å². The highest BCUT2D eigenvalue weighted by molar-refractivity contribution is 6.00. The first kappa shape index (κ1) is 16.2. The van der Waals surface area contributed by atoms with E-state index in [-0.39, 0.29) is 31.8 Å². The third-order valence-corrected chi connectivity index (χ3v) is 4.49. The molecule has 1 amide bonds. The zero-order chi connectivity index (χ0) is 17.3. The van der Waals surface area contributed by atoms with Gasteiger partial charge in [0.25, 0.3) is 5.91 Å². The molecule has 2 N–H and O–H groups in total. The number of hydrogen-bond donors (Lipinski definition) is 2. The van der Waals surface area contributed by atoms with E-state index < -0.39 is 11.6 Å². The number of benzene rings is 1. The molecule has 0 aliphatic carbocycles. The standard InChI is InChI=1S/C17H19N3O4/c1-19-14(12-5-3-2-4-6-12)13(11-18-19)15(21)20-9-7-17(24,8-10-20)16(22)23/h2-6,11,24H,7-10H2,1H3,(H,22,23). The van der Waals surface area contributed by atoms with Gasteiger partial charge in [-0.05, 0) is 0 Å². The van der Waals surface area contributed by atoms with Gasteiger partial charge in [0, 0.05) is 38.5 Å². The van der Waals surface area contributed by atoms with Crippen molar-refractivity contribution in [3.63, 3.8) is 0 Å². The molecule has 7 nitrogen and oxygen atoms in total. The molecule has 0 spiro atoms. The molecule has 7 heteroatoms. The Hall–Kier alpha value is -2.67. The Morgan fingerprint density at radius 2 is 1.79 bits per heavy atom. The van der Waals surface area contributed by atoms with E-state index in [1.807, 2.05) is 30.3 Å². The van der Waals surface area contributed by atoms with Gasteiger partial charge in [-0.3, -0.25) is 9.48 Å². The van der Waals surface area contributed by atoms with Gasteiger partial charge in [-0.1, -0.05) is 30.3 Å². The molecule has 3 rings (SSSR count). The summed E-state index contributed by atoms with van der Waals surface area (Å²) in [6, 6.07) is 9.51. The van der Waals surface area contributed by atoms with Crippen LogP contribution in [-0.2, 0) is 11.8 Å². The molecule has 2 heterocycles. The molecular formula is C17H19N3O4. The molecule has 1 aliphatic rings. The van der Waals surface area contributed by atoms with Gasteiger partial charge >= 0.3 is 5.97 Å². The molecule has 24 heavy (non-hydrogen) atoms. The average molecular weight is 329 g/mol. The lowest BCUT2D eigenvalue weighted by atomic mass is 9.91. The van der Waals surface area contributed by atoms with E-state index in [0.717, 1.165) is 11.3 Å². The van der Waals surface area contributed by atoms with Gasteiger partial charge in [0.2, 0.25) is 0 Å². The zero-order valence-electron chi connectivity index (χ0n) is 13.3. The van der Waals surface area contributed by atoms with Crippen molar-refractivity contribution in [2.45, 2.75) is 18.4 Å². The SMILES string of the molecule is Cn1ncc(C(=O)N2CCC(O)(C(=O)O)CC2)c1-c1ccccc1. The molecule has 0 saturated carbocycles. The first-order chi connectivity index (χ1) is 11.4. The predicted molar refractivity (Wildman–Crippen MR) is 86.4 cm³/mol. The Morgan fingerprint density at radius 3 is 2.38 bits per heavy atom. The number of aryl methyl sites for hydroxylation is 1. The molecule has 1 aliphatic heterocycles. The molecule has 0 atom stereocenters. The minimum Gasteiger partial charge on any atom is -0.479 e. The Kier molecular flexibility index (Phi) is 4.11. The number of carboxylic acids is 1. The van der Waals surface area contributed by atoms with Crippen LogP contribution in [0.4, 0.5) is 0 Å². The molecule has 0 radical (unpaired) electrons. The summed E-state index contributed by atoms with van der Waals surface area (Å²) in [6.45, 7) is 0.398. The number of carbonyl (C=O) groups is 2. The number of amides is 1. The number of rotatable bonds is 3. The van der Waals surface area contributed by atoms with Crippen LogP contribution in [0.1, 0.15) is 23.2 Å². The molecule has 1 aromatic carbocycles. The Labute approximate surface area is 139 Å². The Bertz CT molecular complexity index is 761. The number of piperidine rings is 1. The van der Waals surface area contributed by atoms with Gasteiger partial charge < -0.3 is 15.1 Å². The highest BCUT2D eigenvalue weighted by Crippen LogP contribution is 2.27. The highest BCUT2D eigenvalue weighted by atomic mass is 16.4. The predicted octanol–water partition coefficient (Wildman–Crippen LogP) is 1.14. The molecule has 2 aromatic rings. The largest absolute Gasteiger partial charge is 0.479 e. The Morgan fingerprint density at radius 1 is 1.17 bits per heavy atom. The van der Waals surface area contributed by atoms with E-state index in [9.17, 15) is 14.7 Å². The summed E-state index contributed by atoms with van der Waals surface area (Å²) < 4.78 is 1.65. The number of hydrogen-bond acceptors (Lipinski definition) is 4. The van der Waals surface area contributed by atoms with E-state index in [0.29, 0.717) is 5.56 Å². The number of aliphatic carboxylic acids is 1. The minimum absolute atomic E-state index is 0.0228. The van der Waals surface area contributed by atoms with Crippen molar-refractivity contribution in [3.05, 3.63) is 42.1 Å². The normalized spacial score (nSPS) is 16.8. The van der Waals surface area contributed by atoms with Crippen LogP contribution >= 0.6 is 0 Å². The summed E-state index contributed by atoms with van der Waals surface area (Å²) in [5.41, 5.74) is 0.345. The smallest absolute Gasteiger partial charge is 0.335 e. The number of aromatic nitrogens is 2. The van der Waals surface area contributed by atoms with Gasteiger partial charge in [0.15, 0.2) is 5.60 Å². The molecule has 0 unspecified atom stereocenters. The van der Waals surface area contributed by atoms with Crippen LogP contribution in [0, 0.1) is 0 Å². The maximum Gasteiger partial charge on any atom is 0.335 e. The van der Waals surface area contributed by atoms with E-state index in [1.54, 1.807) is 16.6 Å². The first-order valence-electron chi connectivity index (χ1n) is 7.75. The van der Waals surface area contributed by atoms with Gasteiger partial charge in [-0.15, -0.1) is 0 Å². The quantitative estimate of drug-likeness (QED) is 0.880. The van der Waals surface area contributed by atoms with Crippen molar-refractivity contribution >= 4 is 11.9 Å². The lowest BCUT2D eigenvalue weighted by Gasteiger charge is -2.35. The van der Waals surface area contributed by atoms with Crippen LogP contribution in [0.15, 0.2) is 36.5 Å². The van der Waals surface area contributed by atoms with Crippen molar-refractivity contribution in [1.82, 2.24) is 14.7 Å². The van der Waals surface area contributed by atoms with E-state index in [1.165, 1.54) is 6.20 Å². The fourth-order valence-corrected chi connectivity index (χ4v) is 3.00. The van der Waals surface area contributed by atoms with Crippen LogP contribution in [-0.4, -0.2) is 55.5 Å². The fraction of sp³-hybridized carbons (Fsp3) is 0.353. The third kappa shape index (κ3) is 2.78. The van der Waals surface area contributed by atoms with Gasteiger partial charge in [-0.25, -0.2) is 4.79 Å². The number of nitrogens with zero attached hydrogens (tertiary/aromatic N) is 3. The fourth-order valence-electron chi connectivity index (χ4n) is 3.00. The molecule has 126 valence electrons. The monoisotopic (exact) mass is 329 g/mol. The molecule has 1 aromatic heterocycles. The van der Waals surface area contributed by atoms with Gasteiger partial charge in [0.1, 0.15) is 0 Å². The van der Waals surface area contributed by atoms with Gasteiger partial charge in [0.05, 0.1) is 17.5 Å².